The summed E-state index contributed by atoms with van der Waals surface area (Å²) >= 11 is 6.30. The summed E-state index contributed by atoms with van der Waals surface area (Å²) in [4.78, 5) is 2.37. The quantitative estimate of drug-likeness (QED) is 0.797. The summed E-state index contributed by atoms with van der Waals surface area (Å²) in [7, 11) is 0. The van der Waals surface area contributed by atoms with Crippen molar-refractivity contribution >= 4 is 17.3 Å². The van der Waals surface area contributed by atoms with Crippen LogP contribution in [0.15, 0.2) is 18.2 Å². The van der Waals surface area contributed by atoms with Gasteiger partial charge in [-0.1, -0.05) is 25.4 Å². The van der Waals surface area contributed by atoms with E-state index in [0.29, 0.717) is 10.6 Å². The van der Waals surface area contributed by atoms with Crippen LogP contribution in [0.25, 0.3) is 0 Å². The van der Waals surface area contributed by atoms with Crippen LogP contribution in [-0.2, 0) is 0 Å². The molecule has 0 amide bonds. The molecule has 1 saturated heterocycles. The summed E-state index contributed by atoms with van der Waals surface area (Å²) in [5, 5.41) is 9.58. The molecule has 0 saturated carbocycles. The lowest BCUT2D eigenvalue weighted by atomic mass is 9.89. The molecule has 1 fully saturated rings. The monoisotopic (exact) mass is 276 g/mol. The van der Waals surface area contributed by atoms with E-state index in [0.717, 1.165) is 30.6 Å². The molecule has 1 unspecified atom stereocenters. The molecule has 19 heavy (non-hydrogen) atoms. The normalized spacial score (nSPS) is 20.2. The number of halogens is 1. The Morgan fingerprint density at radius 2 is 2.11 bits per heavy atom. The molecule has 0 aromatic heterocycles. The fourth-order valence-corrected chi connectivity index (χ4v) is 3.16. The van der Waals surface area contributed by atoms with Crippen LogP contribution in [0.2, 0.25) is 5.02 Å². The third kappa shape index (κ3) is 3.42. The molecule has 102 valence electrons. The van der Waals surface area contributed by atoms with E-state index >= 15 is 0 Å². The van der Waals surface area contributed by atoms with Crippen molar-refractivity contribution in [1.29, 1.82) is 5.26 Å². The van der Waals surface area contributed by atoms with Crippen molar-refractivity contribution in [3.8, 4) is 6.07 Å². The first-order chi connectivity index (χ1) is 9.11. The fourth-order valence-electron chi connectivity index (χ4n) is 2.86. The van der Waals surface area contributed by atoms with Crippen LogP contribution in [0.1, 0.15) is 38.7 Å². The van der Waals surface area contributed by atoms with Gasteiger partial charge in [0, 0.05) is 13.1 Å². The predicted octanol–water partition coefficient (Wildman–Crippen LogP) is 4.47. The van der Waals surface area contributed by atoms with Crippen LogP contribution in [0.3, 0.4) is 0 Å². The zero-order valence-electron chi connectivity index (χ0n) is 11.7. The molecular weight excluding hydrogens is 256 g/mol. The van der Waals surface area contributed by atoms with Gasteiger partial charge in [-0.2, -0.15) is 5.26 Å². The number of nitriles is 1. The Morgan fingerprint density at radius 1 is 1.32 bits per heavy atom. The minimum Gasteiger partial charge on any atom is -0.370 e. The maximum Gasteiger partial charge on any atom is 0.0992 e. The maximum atomic E-state index is 8.88. The van der Waals surface area contributed by atoms with Gasteiger partial charge in [0.1, 0.15) is 0 Å². The highest BCUT2D eigenvalue weighted by molar-refractivity contribution is 6.33. The first kappa shape index (κ1) is 14.2. The summed E-state index contributed by atoms with van der Waals surface area (Å²) in [5.74, 6) is 1.58. The predicted molar refractivity (Wildman–Crippen MR) is 80.6 cm³/mol. The van der Waals surface area contributed by atoms with Crippen LogP contribution in [-0.4, -0.2) is 13.1 Å². The molecule has 3 heteroatoms. The van der Waals surface area contributed by atoms with Crippen LogP contribution >= 0.6 is 11.6 Å². The largest absolute Gasteiger partial charge is 0.370 e. The smallest absolute Gasteiger partial charge is 0.0992 e. The molecule has 2 nitrogen and oxygen atoms in total. The molecule has 1 aromatic rings. The van der Waals surface area contributed by atoms with E-state index in [9.17, 15) is 0 Å². The van der Waals surface area contributed by atoms with E-state index in [2.05, 4.69) is 24.8 Å². The van der Waals surface area contributed by atoms with Crippen molar-refractivity contribution < 1.29 is 0 Å². The van der Waals surface area contributed by atoms with Crippen molar-refractivity contribution in [2.75, 3.05) is 18.0 Å². The Balaban J connectivity index is 2.12. The molecule has 1 atom stereocenters. The molecular formula is C16H21ClN2. The van der Waals surface area contributed by atoms with Gasteiger partial charge in [-0.15, -0.1) is 0 Å². The van der Waals surface area contributed by atoms with Gasteiger partial charge in [0.15, 0.2) is 0 Å². The van der Waals surface area contributed by atoms with E-state index in [1.807, 2.05) is 12.1 Å². The maximum absolute atomic E-state index is 8.88. The van der Waals surface area contributed by atoms with Crippen LogP contribution in [0, 0.1) is 23.2 Å². The minimum absolute atomic E-state index is 0.628. The Morgan fingerprint density at radius 3 is 2.74 bits per heavy atom. The number of nitrogens with zero attached hydrogens (tertiary/aromatic N) is 2. The Bertz CT molecular complexity index is 476. The lowest BCUT2D eigenvalue weighted by molar-refractivity contribution is 0.351. The first-order valence-electron chi connectivity index (χ1n) is 7.06. The summed E-state index contributed by atoms with van der Waals surface area (Å²) < 4.78 is 0. The first-order valence-corrected chi connectivity index (χ1v) is 7.44. The topological polar surface area (TPSA) is 27.0 Å². The Hall–Kier alpha value is -1.20. The van der Waals surface area contributed by atoms with Crippen LogP contribution in [0.5, 0.6) is 0 Å². The Kier molecular flexibility index (Phi) is 4.71. The second-order valence-electron chi connectivity index (χ2n) is 5.70. The third-order valence-electron chi connectivity index (χ3n) is 4.13. The van der Waals surface area contributed by atoms with Gasteiger partial charge in [0.05, 0.1) is 22.3 Å². The van der Waals surface area contributed by atoms with Gasteiger partial charge < -0.3 is 4.90 Å². The van der Waals surface area contributed by atoms with Crippen LogP contribution in [0.4, 0.5) is 5.69 Å². The van der Waals surface area contributed by atoms with Gasteiger partial charge >= 0.3 is 0 Å². The van der Waals surface area contributed by atoms with E-state index < -0.39 is 0 Å². The van der Waals surface area contributed by atoms with E-state index in [-0.39, 0.29) is 0 Å². The molecule has 0 aliphatic carbocycles. The summed E-state index contributed by atoms with van der Waals surface area (Å²) in [6.07, 6.45) is 3.76. The number of hydrogen-bond acceptors (Lipinski definition) is 2. The van der Waals surface area contributed by atoms with Crippen molar-refractivity contribution in [1.82, 2.24) is 0 Å². The van der Waals surface area contributed by atoms with Gasteiger partial charge in [-0.25, -0.2) is 0 Å². The second kappa shape index (κ2) is 6.30. The molecule has 2 rings (SSSR count). The van der Waals surface area contributed by atoms with Crippen molar-refractivity contribution in [2.45, 2.75) is 33.1 Å². The number of rotatable bonds is 2. The van der Waals surface area contributed by atoms with E-state index in [4.69, 9.17) is 16.9 Å². The van der Waals surface area contributed by atoms with Crippen molar-refractivity contribution in [3.05, 3.63) is 28.8 Å². The lowest BCUT2D eigenvalue weighted by Crippen LogP contribution is -2.24. The summed E-state index contributed by atoms with van der Waals surface area (Å²) in [5.41, 5.74) is 1.70. The van der Waals surface area contributed by atoms with Crippen molar-refractivity contribution in [2.24, 2.45) is 11.8 Å². The third-order valence-corrected chi connectivity index (χ3v) is 4.44. The second-order valence-corrected chi connectivity index (χ2v) is 6.11. The standard InChI is InChI=1S/C16H21ClN2/c1-12(2)14-4-3-8-19(9-7-14)16-6-5-13(11-18)10-15(16)17/h5-6,10,12,14H,3-4,7-9H2,1-2H3. The van der Waals surface area contributed by atoms with Crippen LogP contribution < -0.4 is 4.90 Å². The number of anilines is 1. The minimum atomic E-state index is 0.628. The average molecular weight is 277 g/mol. The molecule has 0 N–H and O–H groups in total. The molecule has 1 aliphatic heterocycles. The SMILES string of the molecule is CC(C)C1CCCN(c2ccc(C#N)cc2Cl)CC1. The zero-order chi connectivity index (χ0) is 13.8. The highest BCUT2D eigenvalue weighted by atomic mass is 35.5. The number of hydrogen-bond donors (Lipinski definition) is 0. The van der Waals surface area contributed by atoms with E-state index in [1.54, 1.807) is 6.07 Å². The molecule has 1 aromatic carbocycles. The van der Waals surface area contributed by atoms with Crippen molar-refractivity contribution in [3.63, 3.8) is 0 Å². The summed E-state index contributed by atoms with van der Waals surface area (Å²) in [6.45, 7) is 6.76. The molecule has 1 heterocycles. The number of benzene rings is 1. The van der Waals surface area contributed by atoms with Gasteiger partial charge in [-0.05, 0) is 49.3 Å². The molecule has 0 bridgehead atoms. The Labute approximate surface area is 121 Å². The fraction of sp³-hybridized carbons (Fsp3) is 0.562. The highest BCUT2D eigenvalue weighted by Crippen LogP contribution is 2.31. The average Bonchev–Trinajstić information content (AvgIpc) is 2.64. The van der Waals surface area contributed by atoms with Gasteiger partial charge in [0.25, 0.3) is 0 Å². The van der Waals surface area contributed by atoms with Gasteiger partial charge in [-0.3, -0.25) is 0 Å². The molecule has 0 spiro atoms. The summed E-state index contributed by atoms with van der Waals surface area (Å²) in [6, 6.07) is 7.73. The molecule has 0 radical (unpaired) electrons. The van der Waals surface area contributed by atoms with Gasteiger partial charge in [0.2, 0.25) is 0 Å². The highest BCUT2D eigenvalue weighted by Gasteiger charge is 2.20. The van der Waals surface area contributed by atoms with E-state index in [1.165, 1.54) is 19.3 Å². The lowest BCUT2D eigenvalue weighted by Gasteiger charge is -2.24. The molecule has 1 aliphatic rings. The zero-order valence-corrected chi connectivity index (χ0v) is 12.5.